The van der Waals surface area contributed by atoms with Crippen molar-refractivity contribution in [3.05, 3.63) is 19.9 Å². The summed E-state index contributed by atoms with van der Waals surface area (Å²) < 4.78 is 6.03. The van der Waals surface area contributed by atoms with Crippen LogP contribution in [0.3, 0.4) is 0 Å². The van der Waals surface area contributed by atoms with Crippen molar-refractivity contribution >= 4 is 51.4 Å². The molecule has 1 atom stereocenters. The third-order valence-electron chi connectivity index (χ3n) is 1.72. The monoisotopic (exact) mass is 359 g/mol. The second kappa shape index (κ2) is 6.67. The van der Waals surface area contributed by atoms with E-state index in [1.165, 1.54) is 0 Å². The molecule has 3 nitrogen and oxygen atoms in total. The number of carbonyl (C=O) groups excluding carboxylic acids is 1. The van der Waals surface area contributed by atoms with Crippen LogP contribution >= 0.6 is 45.5 Å². The smallest absolute Gasteiger partial charge is 0.252 e. The van der Waals surface area contributed by atoms with E-state index in [1.54, 1.807) is 18.4 Å². The fourth-order valence-corrected chi connectivity index (χ4v) is 2.52. The maximum absolute atomic E-state index is 11.7. The van der Waals surface area contributed by atoms with Gasteiger partial charge in [0.2, 0.25) is 0 Å². The minimum absolute atomic E-state index is 0.100. The molecule has 0 aromatic carbocycles. The van der Waals surface area contributed by atoms with E-state index in [2.05, 4.69) is 27.9 Å². The van der Waals surface area contributed by atoms with Crippen LogP contribution in [0.4, 0.5) is 0 Å². The highest BCUT2D eigenvalue weighted by molar-refractivity contribution is 14.1. The van der Waals surface area contributed by atoms with Crippen LogP contribution in [-0.4, -0.2) is 31.5 Å². The lowest BCUT2D eigenvalue weighted by molar-refractivity contribution is 0.0907. The number of carbonyl (C=O) groups is 1. The van der Waals surface area contributed by atoms with Gasteiger partial charge in [0.15, 0.2) is 0 Å². The third-order valence-corrected chi connectivity index (χ3v) is 3.88. The van der Waals surface area contributed by atoms with Crippen molar-refractivity contribution in [1.29, 1.82) is 0 Å². The van der Waals surface area contributed by atoms with E-state index >= 15 is 0 Å². The van der Waals surface area contributed by atoms with Gasteiger partial charge >= 0.3 is 0 Å². The maximum atomic E-state index is 11.7. The van der Waals surface area contributed by atoms with E-state index < -0.39 is 0 Å². The second-order valence-electron chi connectivity index (χ2n) is 2.92. The van der Waals surface area contributed by atoms with Crippen LogP contribution in [0.5, 0.6) is 0 Å². The van der Waals surface area contributed by atoms with Gasteiger partial charge in [-0.3, -0.25) is 4.79 Å². The van der Waals surface area contributed by atoms with Gasteiger partial charge in [0.25, 0.3) is 5.91 Å². The zero-order valence-corrected chi connectivity index (χ0v) is 11.9. The Balaban J connectivity index is 2.54. The molecule has 1 N–H and O–H groups in total. The van der Waals surface area contributed by atoms with Crippen LogP contribution in [0, 0.1) is 2.88 Å². The number of amides is 1. The zero-order valence-electron chi connectivity index (χ0n) is 8.13. The van der Waals surface area contributed by atoms with E-state index in [4.69, 9.17) is 16.3 Å². The Morgan fingerprint density at radius 2 is 2.53 bits per heavy atom. The fraction of sp³-hybridized carbons (Fsp3) is 0.444. The summed E-state index contributed by atoms with van der Waals surface area (Å²) in [5.74, 6) is 0.248. The Bertz CT molecular complexity index is 332. The van der Waals surface area contributed by atoms with Gasteiger partial charge in [-0.2, -0.15) is 0 Å². The maximum Gasteiger partial charge on any atom is 0.252 e. The summed E-state index contributed by atoms with van der Waals surface area (Å²) >= 11 is 9.41. The molecule has 0 saturated heterocycles. The first-order chi connectivity index (χ1) is 7.17. The number of methoxy groups -OCH3 is 1. The Hall–Kier alpha value is 0.150. The summed E-state index contributed by atoms with van der Waals surface area (Å²) in [5, 5.41) is 4.63. The minimum atomic E-state index is -0.137. The molecule has 1 aromatic heterocycles. The molecule has 84 valence electrons. The fourth-order valence-electron chi connectivity index (χ4n) is 1.02. The number of hydrogen-bond acceptors (Lipinski definition) is 3. The second-order valence-corrected chi connectivity index (χ2v) is 6.03. The standard InChI is InChI=1S/C9H11ClINO2S/c1-14-4-7(3-10)12-9(13)6-2-8(11)15-5-6/h2,5,7H,3-4H2,1H3,(H,12,13). The number of alkyl halides is 1. The first-order valence-electron chi connectivity index (χ1n) is 4.27. The number of nitrogens with one attached hydrogen (secondary N) is 1. The molecule has 0 spiro atoms. The van der Waals surface area contributed by atoms with Crippen molar-refractivity contribution in [2.75, 3.05) is 19.6 Å². The summed E-state index contributed by atoms with van der Waals surface area (Å²) in [5.41, 5.74) is 0.676. The quantitative estimate of drug-likeness (QED) is 0.647. The average Bonchev–Trinajstić information content (AvgIpc) is 2.64. The van der Waals surface area contributed by atoms with Crippen molar-refractivity contribution < 1.29 is 9.53 Å². The van der Waals surface area contributed by atoms with Crippen molar-refractivity contribution in [1.82, 2.24) is 5.32 Å². The normalized spacial score (nSPS) is 12.5. The zero-order chi connectivity index (χ0) is 11.3. The van der Waals surface area contributed by atoms with Gasteiger partial charge in [-0.05, 0) is 28.7 Å². The molecular formula is C9H11ClINO2S. The minimum Gasteiger partial charge on any atom is -0.383 e. The van der Waals surface area contributed by atoms with Crippen molar-refractivity contribution in [3.63, 3.8) is 0 Å². The summed E-state index contributed by atoms with van der Waals surface area (Å²) in [6.45, 7) is 0.427. The van der Waals surface area contributed by atoms with Crippen LogP contribution in [0.1, 0.15) is 10.4 Å². The van der Waals surface area contributed by atoms with E-state index in [0.717, 1.165) is 2.88 Å². The number of hydrogen-bond donors (Lipinski definition) is 1. The van der Waals surface area contributed by atoms with Crippen LogP contribution in [0.2, 0.25) is 0 Å². The van der Waals surface area contributed by atoms with E-state index in [-0.39, 0.29) is 11.9 Å². The van der Waals surface area contributed by atoms with E-state index in [9.17, 15) is 4.79 Å². The first kappa shape index (κ1) is 13.2. The highest BCUT2D eigenvalue weighted by atomic mass is 127. The van der Waals surface area contributed by atoms with Crippen molar-refractivity contribution in [2.45, 2.75) is 6.04 Å². The molecule has 1 unspecified atom stereocenters. The Kier molecular flexibility index (Phi) is 5.88. The predicted octanol–water partition coefficient (Wildman–Crippen LogP) is 2.34. The molecule has 0 radical (unpaired) electrons. The molecule has 1 amide bonds. The molecule has 0 aliphatic carbocycles. The predicted molar refractivity (Wildman–Crippen MR) is 70.9 cm³/mol. The number of halogens is 2. The van der Waals surface area contributed by atoms with Crippen molar-refractivity contribution in [3.8, 4) is 0 Å². The largest absolute Gasteiger partial charge is 0.383 e. The molecule has 0 saturated carbocycles. The molecular weight excluding hydrogens is 349 g/mol. The van der Waals surface area contributed by atoms with E-state index in [0.29, 0.717) is 18.1 Å². The van der Waals surface area contributed by atoms with Gasteiger partial charge in [-0.1, -0.05) is 0 Å². The van der Waals surface area contributed by atoms with E-state index in [1.807, 2.05) is 11.4 Å². The molecule has 1 aromatic rings. The summed E-state index contributed by atoms with van der Waals surface area (Å²) in [6, 6.07) is 1.71. The lowest BCUT2D eigenvalue weighted by atomic mass is 10.3. The average molecular weight is 360 g/mol. The van der Waals surface area contributed by atoms with Gasteiger partial charge in [0.05, 0.1) is 21.1 Å². The van der Waals surface area contributed by atoms with Gasteiger partial charge in [0.1, 0.15) is 0 Å². The molecule has 1 rings (SSSR count). The van der Waals surface area contributed by atoms with Gasteiger partial charge in [0, 0.05) is 18.4 Å². The van der Waals surface area contributed by atoms with Gasteiger partial charge < -0.3 is 10.1 Å². The summed E-state index contributed by atoms with van der Waals surface area (Å²) in [4.78, 5) is 11.7. The van der Waals surface area contributed by atoms with Gasteiger partial charge in [-0.25, -0.2) is 0 Å². The number of thiophene rings is 1. The topological polar surface area (TPSA) is 38.3 Å². The number of rotatable bonds is 5. The molecule has 15 heavy (non-hydrogen) atoms. The lowest BCUT2D eigenvalue weighted by Crippen LogP contribution is -2.39. The number of ether oxygens (including phenoxy) is 1. The lowest BCUT2D eigenvalue weighted by Gasteiger charge is -2.14. The first-order valence-corrected chi connectivity index (χ1v) is 6.76. The molecule has 6 heteroatoms. The molecule has 1 heterocycles. The molecule has 0 fully saturated rings. The molecule has 0 aliphatic rings. The van der Waals surface area contributed by atoms with Crippen LogP contribution < -0.4 is 5.32 Å². The Morgan fingerprint density at radius 1 is 1.80 bits per heavy atom. The Labute approximate surface area is 111 Å². The molecule has 0 aliphatic heterocycles. The van der Waals surface area contributed by atoms with Crippen LogP contribution in [-0.2, 0) is 4.74 Å². The molecule has 0 bridgehead atoms. The summed E-state index contributed by atoms with van der Waals surface area (Å²) in [7, 11) is 1.58. The van der Waals surface area contributed by atoms with Crippen LogP contribution in [0.25, 0.3) is 0 Å². The van der Waals surface area contributed by atoms with Crippen molar-refractivity contribution in [2.24, 2.45) is 0 Å². The third kappa shape index (κ3) is 4.26. The highest BCUT2D eigenvalue weighted by Crippen LogP contribution is 2.16. The highest BCUT2D eigenvalue weighted by Gasteiger charge is 2.13. The summed E-state index contributed by atoms with van der Waals surface area (Å²) in [6.07, 6.45) is 0. The SMILES string of the molecule is COCC(CCl)NC(=O)c1csc(I)c1. The van der Waals surface area contributed by atoms with Crippen LogP contribution in [0.15, 0.2) is 11.4 Å². The Morgan fingerprint density at radius 3 is 3.00 bits per heavy atom. The van der Waals surface area contributed by atoms with Gasteiger partial charge in [-0.15, -0.1) is 22.9 Å².